The van der Waals surface area contributed by atoms with Gasteiger partial charge in [0, 0.05) is 12.0 Å². The van der Waals surface area contributed by atoms with Crippen LogP contribution >= 0.6 is 24.9 Å². The number of hydrogen-bond donors (Lipinski definition) is 2. The van der Waals surface area contributed by atoms with Gasteiger partial charge in [-0.05, 0) is 5.41 Å². The summed E-state index contributed by atoms with van der Waals surface area (Å²) in [4.78, 5) is 2.15. The molecule has 0 heterocycles. The lowest BCUT2D eigenvalue weighted by atomic mass is 11.3. The Balaban J connectivity index is 2.49. The van der Waals surface area contributed by atoms with Crippen LogP contribution in [0.15, 0.2) is 12.0 Å². The maximum Gasteiger partial charge on any atom is 0.0449 e. The van der Waals surface area contributed by atoms with Gasteiger partial charge in [0.05, 0.1) is 0 Å². The Bertz CT molecular complexity index is 40.5. The lowest BCUT2D eigenvalue weighted by Gasteiger charge is -1.86. The number of nitrogens with one attached hydrogen (secondary N) is 1. The van der Waals surface area contributed by atoms with Crippen LogP contribution in [0.2, 0.25) is 0 Å². The van der Waals surface area contributed by atoms with Crippen LogP contribution in [0.25, 0.3) is 0 Å². The lowest BCUT2D eigenvalue weighted by molar-refractivity contribution is 0.348. The molecule has 0 rings (SSSR count). The van der Waals surface area contributed by atoms with Crippen molar-refractivity contribution in [3.05, 3.63) is 12.0 Å². The zero-order valence-electron chi connectivity index (χ0n) is 3.05. The zero-order chi connectivity index (χ0) is 4.83. The van der Waals surface area contributed by atoms with E-state index in [4.69, 9.17) is 0 Å². The Labute approximate surface area is 46.7 Å². The van der Waals surface area contributed by atoms with E-state index in [-0.39, 0.29) is 0 Å². The van der Waals surface area contributed by atoms with Gasteiger partial charge >= 0.3 is 0 Å². The van der Waals surface area contributed by atoms with E-state index in [0.717, 1.165) is 12.0 Å². The molecule has 0 aromatic rings. The fourth-order valence-corrected chi connectivity index (χ4v) is 0.296. The van der Waals surface area contributed by atoms with Crippen molar-refractivity contribution in [3.63, 3.8) is 0 Å². The molecule has 0 spiro atoms. The van der Waals surface area contributed by atoms with Gasteiger partial charge in [0.25, 0.3) is 0 Å². The topological polar surface area (TPSA) is 21.3 Å². The van der Waals surface area contributed by atoms with E-state index in [1.165, 1.54) is 0 Å². The van der Waals surface area contributed by atoms with Crippen LogP contribution in [-0.2, 0) is 4.28 Å². The van der Waals surface area contributed by atoms with Crippen molar-refractivity contribution in [3.8, 4) is 0 Å². The normalized spacial score (nSPS) is 8.17. The van der Waals surface area contributed by atoms with Gasteiger partial charge in [-0.2, -0.15) is 0 Å². The van der Waals surface area contributed by atoms with Gasteiger partial charge < -0.3 is 0 Å². The maximum absolute atomic E-state index is 4.40. The van der Waals surface area contributed by atoms with Gasteiger partial charge in [0.2, 0.25) is 0 Å². The molecule has 0 aliphatic heterocycles. The van der Waals surface area contributed by atoms with E-state index < -0.39 is 0 Å². The average Bonchev–Trinajstić information content (AvgIpc) is 1.61. The van der Waals surface area contributed by atoms with Crippen LogP contribution in [0.4, 0.5) is 0 Å². The third-order valence-electron chi connectivity index (χ3n) is 0.153. The summed E-state index contributed by atoms with van der Waals surface area (Å²) in [6.07, 6.45) is 0. The predicted molar refractivity (Wildman–Crippen MR) is 31.0 cm³/mol. The second-order valence-electron chi connectivity index (χ2n) is 0.438. The minimum Gasteiger partial charge on any atom is -0.217 e. The van der Waals surface area contributed by atoms with E-state index in [1.54, 1.807) is 5.41 Å². The first kappa shape index (κ1) is 6.36. The molecular weight excluding hydrogens is 118 g/mol. The lowest BCUT2D eigenvalue weighted by Crippen LogP contribution is -1.88. The van der Waals surface area contributed by atoms with Crippen molar-refractivity contribution >= 4 is 24.9 Å². The minimum atomic E-state index is 1.08. The minimum absolute atomic E-state index is 1.08. The first-order valence-corrected chi connectivity index (χ1v) is 2.49. The van der Waals surface area contributed by atoms with Crippen LogP contribution < -0.4 is 4.89 Å². The van der Waals surface area contributed by atoms with E-state index in [0.29, 0.717) is 0 Å². The highest BCUT2D eigenvalue weighted by Crippen LogP contribution is 1.97. The molecule has 0 radical (unpaired) electrons. The van der Waals surface area contributed by atoms with Crippen molar-refractivity contribution < 1.29 is 4.28 Å². The maximum atomic E-state index is 4.40. The van der Waals surface area contributed by atoms with Crippen LogP contribution in [0, 0.1) is 0 Å². The molecule has 6 heavy (non-hydrogen) atoms. The molecule has 1 N–H and O–H groups in total. The van der Waals surface area contributed by atoms with E-state index >= 15 is 0 Å². The quantitative estimate of drug-likeness (QED) is 0.254. The summed E-state index contributed by atoms with van der Waals surface area (Å²) in [5, 5.41) is 1.54. The third-order valence-corrected chi connectivity index (χ3v) is 0.684. The number of rotatable bonds is 3. The summed E-state index contributed by atoms with van der Waals surface area (Å²) in [5.74, 6) is 0. The molecule has 36 valence electrons. The van der Waals surface area contributed by atoms with E-state index in [1.807, 2.05) is 0 Å². The number of thiol groups is 1. The van der Waals surface area contributed by atoms with Crippen LogP contribution in [0.3, 0.4) is 0 Å². The fraction of sp³-hybridized carbons (Fsp3) is 0. The summed E-state index contributed by atoms with van der Waals surface area (Å²) >= 11 is 4.60. The first-order chi connectivity index (χ1) is 2.91. The van der Waals surface area contributed by atoms with Crippen molar-refractivity contribution in [2.45, 2.75) is 0 Å². The van der Waals surface area contributed by atoms with Gasteiger partial charge in [-0.3, -0.25) is 0 Å². The van der Waals surface area contributed by atoms with Crippen LogP contribution in [0.1, 0.15) is 0 Å². The summed E-state index contributed by atoms with van der Waals surface area (Å²) in [7, 11) is 0. The molecule has 0 saturated carbocycles. The Hall–Kier alpha value is 0.360. The molecule has 0 unspecified atom stereocenters. The van der Waals surface area contributed by atoms with Gasteiger partial charge in [0.1, 0.15) is 0 Å². The van der Waals surface area contributed by atoms with Crippen LogP contribution in [0.5, 0.6) is 0 Å². The molecule has 0 aliphatic carbocycles. The van der Waals surface area contributed by atoms with Crippen molar-refractivity contribution in [1.29, 1.82) is 0 Å². The van der Waals surface area contributed by atoms with Crippen molar-refractivity contribution in [2.75, 3.05) is 0 Å². The Morgan fingerprint density at radius 2 is 2.67 bits per heavy atom. The van der Waals surface area contributed by atoms with Gasteiger partial charge in [-0.25, -0.2) is 4.28 Å². The highest BCUT2D eigenvalue weighted by Gasteiger charge is 1.68. The standard InChI is InChI=1S/C2H5NOS2/c1-2-6-4-3-5/h2-3,5H,1H2. The third kappa shape index (κ3) is 4.36. The fourth-order valence-electron chi connectivity index (χ4n) is 0.0555. The molecular formula is C2H5NOS2. The monoisotopic (exact) mass is 123 g/mol. The molecule has 0 atom stereocenters. The Morgan fingerprint density at radius 3 is 2.83 bits per heavy atom. The zero-order valence-corrected chi connectivity index (χ0v) is 4.76. The SMILES string of the molecule is C=CSONS. The summed E-state index contributed by atoms with van der Waals surface area (Å²) in [5.41, 5.74) is 0. The second-order valence-corrected chi connectivity index (χ2v) is 1.31. The molecule has 0 aliphatic rings. The molecule has 0 aromatic heterocycles. The molecule has 0 saturated heterocycles. The Morgan fingerprint density at radius 1 is 2.00 bits per heavy atom. The smallest absolute Gasteiger partial charge is 0.0449 e. The van der Waals surface area contributed by atoms with E-state index in [2.05, 4.69) is 28.6 Å². The van der Waals surface area contributed by atoms with E-state index in [9.17, 15) is 0 Å². The molecule has 0 aromatic carbocycles. The molecule has 4 heteroatoms. The number of hydrogen-bond acceptors (Lipinski definition) is 4. The summed E-state index contributed by atoms with van der Waals surface area (Å²) in [6, 6.07) is 0. The van der Waals surface area contributed by atoms with Crippen molar-refractivity contribution in [1.82, 2.24) is 4.89 Å². The average molecular weight is 123 g/mol. The second kappa shape index (κ2) is 5.36. The van der Waals surface area contributed by atoms with Crippen molar-refractivity contribution in [2.24, 2.45) is 0 Å². The largest absolute Gasteiger partial charge is 0.217 e. The van der Waals surface area contributed by atoms with Gasteiger partial charge in [-0.15, -0.1) is 4.89 Å². The predicted octanol–water partition coefficient (Wildman–Crippen LogP) is 1.14. The first-order valence-electron chi connectivity index (χ1n) is 1.24. The van der Waals surface area contributed by atoms with Gasteiger partial charge in [-0.1, -0.05) is 19.4 Å². The molecule has 0 bridgehead atoms. The highest BCUT2D eigenvalue weighted by atomic mass is 32.2. The summed E-state index contributed by atoms with van der Waals surface area (Å²) < 4.78 is 4.40. The molecule has 2 nitrogen and oxygen atoms in total. The molecule has 0 amide bonds. The summed E-state index contributed by atoms with van der Waals surface area (Å²) in [6.45, 7) is 3.36. The Kier molecular flexibility index (Phi) is 5.68. The van der Waals surface area contributed by atoms with Crippen LogP contribution in [-0.4, -0.2) is 0 Å². The molecule has 0 fully saturated rings. The highest BCUT2D eigenvalue weighted by molar-refractivity contribution is 7.97. The van der Waals surface area contributed by atoms with Gasteiger partial charge in [0.15, 0.2) is 0 Å².